The van der Waals surface area contributed by atoms with E-state index in [-0.39, 0.29) is 5.97 Å². The lowest BCUT2D eigenvalue weighted by Gasteiger charge is -2.33. The van der Waals surface area contributed by atoms with E-state index in [2.05, 4.69) is 0 Å². The van der Waals surface area contributed by atoms with Gasteiger partial charge in [0.2, 0.25) is 0 Å². The molecule has 18 heavy (non-hydrogen) atoms. The quantitative estimate of drug-likeness (QED) is 0.453. The van der Waals surface area contributed by atoms with E-state index in [0.717, 1.165) is 6.42 Å². The van der Waals surface area contributed by atoms with E-state index in [1.807, 2.05) is 27.7 Å². The second-order valence-electron chi connectivity index (χ2n) is 3.77. The zero-order valence-electron chi connectivity index (χ0n) is 12.2. The molecule has 0 N–H and O–H groups in total. The maximum atomic E-state index is 11.9. The van der Waals surface area contributed by atoms with Gasteiger partial charge in [-0.25, -0.2) is 0 Å². The third-order valence-corrected chi connectivity index (χ3v) is 5.98. The number of ether oxygens (including phenoxy) is 1. The first-order valence-corrected chi connectivity index (χ1v) is 8.41. The van der Waals surface area contributed by atoms with Crippen LogP contribution in [0.15, 0.2) is 0 Å². The van der Waals surface area contributed by atoms with Gasteiger partial charge in [-0.05, 0) is 27.2 Å². The van der Waals surface area contributed by atoms with Crippen molar-refractivity contribution in [2.24, 2.45) is 0 Å². The van der Waals surface area contributed by atoms with Gasteiger partial charge in [-0.1, -0.05) is 13.3 Å². The molecule has 0 amide bonds. The van der Waals surface area contributed by atoms with Gasteiger partial charge >= 0.3 is 14.8 Å². The predicted molar refractivity (Wildman–Crippen MR) is 71.3 cm³/mol. The summed E-state index contributed by atoms with van der Waals surface area (Å²) >= 11 is 0. The van der Waals surface area contributed by atoms with Gasteiger partial charge in [-0.2, -0.15) is 0 Å². The van der Waals surface area contributed by atoms with E-state index in [0.29, 0.717) is 26.2 Å². The molecule has 0 radical (unpaired) electrons. The molecule has 0 aliphatic rings. The van der Waals surface area contributed by atoms with Crippen molar-refractivity contribution in [1.82, 2.24) is 0 Å². The summed E-state index contributed by atoms with van der Waals surface area (Å²) in [7, 11) is -1.62. The van der Waals surface area contributed by atoms with E-state index in [9.17, 15) is 4.79 Å². The van der Waals surface area contributed by atoms with Crippen molar-refractivity contribution in [2.75, 3.05) is 26.9 Å². The molecule has 6 heteroatoms. The van der Waals surface area contributed by atoms with Gasteiger partial charge in [0.15, 0.2) is 0 Å². The zero-order valence-corrected chi connectivity index (χ0v) is 13.2. The van der Waals surface area contributed by atoms with Crippen LogP contribution in [0.4, 0.5) is 0 Å². The number of hydrogen-bond acceptors (Lipinski definition) is 5. The maximum absolute atomic E-state index is 11.9. The summed E-state index contributed by atoms with van der Waals surface area (Å²) in [5.41, 5.74) is -0.438. The summed E-state index contributed by atoms with van der Waals surface area (Å²) in [6, 6.07) is 0. The van der Waals surface area contributed by atoms with Crippen LogP contribution in [0.2, 0.25) is 5.54 Å². The van der Waals surface area contributed by atoms with Crippen molar-refractivity contribution in [3.63, 3.8) is 0 Å². The molecule has 0 bridgehead atoms. The Kier molecular flexibility index (Phi) is 9.26. The van der Waals surface area contributed by atoms with Crippen molar-refractivity contribution in [2.45, 2.75) is 46.1 Å². The monoisotopic (exact) mass is 278 g/mol. The Bertz CT molecular complexity index is 217. The van der Waals surface area contributed by atoms with Crippen LogP contribution in [0.1, 0.15) is 40.5 Å². The molecular formula is C12H26O5Si. The van der Waals surface area contributed by atoms with Gasteiger partial charge in [-0.3, -0.25) is 4.79 Å². The maximum Gasteiger partial charge on any atom is 0.515 e. The molecule has 0 heterocycles. The lowest BCUT2D eigenvalue weighted by Crippen LogP contribution is -2.53. The number of rotatable bonds is 10. The van der Waals surface area contributed by atoms with E-state index in [4.69, 9.17) is 18.0 Å². The lowest BCUT2D eigenvalue weighted by atomic mass is 10.2. The van der Waals surface area contributed by atoms with Gasteiger partial charge in [0.1, 0.15) is 5.54 Å². The fraction of sp³-hybridized carbons (Fsp3) is 0.917. The second kappa shape index (κ2) is 9.49. The molecule has 0 saturated heterocycles. The molecule has 0 saturated carbocycles. The molecule has 0 aromatic heterocycles. The number of methoxy groups -OCH3 is 1. The topological polar surface area (TPSA) is 54.0 Å². The summed E-state index contributed by atoms with van der Waals surface area (Å²) in [6.45, 7) is 9.02. The smallest absolute Gasteiger partial charge is 0.469 e. The van der Waals surface area contributed by atoms with Crippen LogP contribution in [-0.4, -0.2) is 41.7 Å². The van der Waals surface area contributed by atoms with Gasteiger partial charge in [0.05, 0.1) is 7.11 Å². The van der Waals surface area contributed by atoms with Crippen LogP contribution in [0.3, 0.4) is 0 Å². The highest BCUT2D eigenvalue weighted by Gasteiger charge is 2.53. The second-order valence-corrected chi connectivity index (χ2v) is 6.54. The zero-order chi connectivity index (χ0) is 14.0. The van der Waals surface area contributed by atoms with Crippen LogP contribution in [0, 0.1) is 0 Å². The Hall–Kier alpha value is -0.433. The van der Waals surface area contributed by atoms with Crippen LogP contribution in [-0.2, 0) is 22.8 Å². The molecule has 0 aliphatic carbocycles. The molecule has 0 fully saturated rings. The van der Waals surface area contributed by atoms with Crippen molar-refractivity contribution < 1.29 is 22.8 Å². The van der Waals surface area contributed by atoms with Gasteiger partial charge < -0.3 is 18.0 Å². The molecule has 5 nitrogen and oxygen atoms in total. The third kappa shape index (κ3) is 4.68. The standard InChI is InChI=1S/C12H26O5Si/c1-6-10-11(12(13)14-5)18(15-7-2,16-8-3)17-9-4/h11H,6-10H2,1-5H3. The minimum atomic E-state index is -3.00. The third-order valence-electron chi connectivity index (χ3n) is 2.53. The molecule has 0 aromatic carbocycles. The van der Waals surface area contributed by atoms with Gasteiger partial charge in [0, 0.05) is 19.8 Å². The first-order chi connectivity index (χ1) is 8.61. The molecule has 1 atom stereocenters. The SMILES string of the molecule is CCCC(C(=O)OC)[Si](OCC)(OCC)OCC. The predicted octanol–water partition coefficient (Wildman–Crippen LogP) is 2.38. The van der Waals surface area contributed by atoms with Crippen LogP contribution in [0.5, 0.6) is 0 Å². The van der Waals surface area contributed by atoms with E-state index in [1.165, 1.54) is 7.11 Å². The number of hydrogen-bond donors (Lipinski definition) is 0. The van der Waals surface area contributed by atoms with Crippen molar-refractivity contribution >= 4 is 14.8 Å². The average Bonchev–Trinajstić information content (AvgIpc) is 2.36. The minimum Gasteiger partial charge on any atom is -0.469 e. The van der Waals surface area contributed by atoms with Crippen LogP contribution < -0.4 is 0 Å². The molecule has 0 aromatic rings. The molecule has 108 valence electrons. The Morgan fingerprint density at radius 2 is 1.44 bits per heavy atom. The summed E-state index contributed by atoms with van der Waals surface area (Å²) < 4.78 is 22.1. The molecule has 1 unspecified atom stereocenters. The average molecular weight is 278 g/mol. The Morgan fingerprint density at radius 1 is 1.00 bits per heavy atom. The highest BCUT2D eigenvalue weighted by Crippen LogP contribution is 2.31. The van der Waals surface area contributed by atoms with Gasteiger partial charge in [0.25, 0.3) is 0 Å². The lowest BCUT2D eigenvalue weighted by molar-refractivity contribution is -0.142. The Morgan fingerprint density at radius 3 is 1.72 bits per heavy atom. The molecule has 0 aliphatic heterocycles. The largest absolute Gasteiger partial charge is 0.515 e. The first-order valence-electron chi connectivity index (χ1n) is 6.61. The summed E-state index contributed by atoms with van der Waals surface area (Å²) in [4.78, 5) is 11.9. The highest BCUT2D eigenvalue weighted by atomic mass is 28.4. The first kappa shape index (κ1) is 17.6. The summed E-state index contributed by atoms with van der Waals surface area (Å²) in [5.74, 6) is -0.307. The van der Waals surface area contributed by atoms with Gasteiger partial charge in [-0.15, -0.1) is 0 Å². The van der Waals surface area contributed by atoms with E-state index < -0.39 is 14.3 Å². The number of carbonyl (C=O) groups excluding carboxylic acids is 1. The normalized spacial score (nSPS) is 13.4. The van der Waals surface area contributed by atoms with E-state index in [1.54, 1.807) is 0 Å². The fourth-order valence-corrected chi connectivity index (χ4v) is 5.01. The Balaban J connectivity index is 5.20. The molecular weight excluding hydrogens is 252 g/mol. The van der Waals surface area contributed by atoms with E-state index >= 15 is 0 Å². The van der Waals surface area contributed by atoms with Crippen LogP contribution in [0.25, 0.3) is 0 Å². The van der Waals surface area contributed by atoms with Crippen molar-refractivity contribution in [3.05, 3.63) is 0 Å². The van der Waals surface area contributed by atoms with Crippen molar-refractivity contribution in [3.8, 4) is 0 Å². The molecule has 0 rings (SSSR count). The number of carbonyl (C=O) groups is 1. The fourth-order valence-electron chi connectivity index (χ4n) is 1.90. The molecule has 0 spiro atoms. The number of esters is 1. The summed E-state index contributed by atoms with van der Waals surface area (Å²) in [6.07, 6.45) is 1.50. The summed E-state index contributed by atoms with van der Waals surface area (Å²) in [5, 5.41) is 0. The highest BCUT2D eigenvalue weighted by molar-refractivity contribution is 6.66. The minimum absolute atomic E-state index is 0.307. The van der Waals surface area contributed by atoms with Crippen LogP contribution >= 0.6 is 0 Å². The Labute approximate surface area is 111 Å². The van der Waals surface area contributed by atoms with Crippen molar-refractivity contribution in [1.29, 1.82) is 0 Å².